The van der Waals surface area contributed by atoms with Crippen LogP contribution in [-0.4, -0.2) is 39.2 Å². The van der Waals surface area contributed by atoms with Gasteiger partial charge in [-0.25, -0.2) is 0 Å². The van der Waals surface area contributed by atoms with Crippen LogP contribution in [0.5, 0.6) is 17.2 Å². The van der Waals surface area contributed by atoms with Crippen molar-refractivity contribution >= 4 is 23.5 Å². The largest absolute Gasteiger partial charge is 0.493 e. The molecule has 0 aliphatic rings. The molecule has 0 fully saturated rings. The lowest BCUT2D eigenvalue weighted by molar-refractivity contribution is 0.324. The predicted octanol–water partition coefficient (Wildman–Crippen LogP) is 2.31. The molecule has 2 N–H and O–H groups in total. The summed E-state index contributed by atoms with van der Waals surface area (Å²) >= 11 is 5.12. The maximum Gasteiger partial charge on any atom is 0.203 e. The number of ether oxygens (including phenoxy) is 3. The van der Waals surface area contributed by atoms with Crippen LogP contribution in [-0.2, 0) is 0 Å². The second-order valence-electron chi connectivity index (χ2n) is 4.40. The van der Waals surface area contributed by atoms with Crippen molar-refractivity contribution in [3.8, 4) is 17.2 Å². The van der Waals surface area contributed by atoms with Crippen molar-refractivity contribution in [2.24, 2.45) is 5.10 Å². The minimum absolute atomic E-state index is 0.490. The number of hydrogen-bond donors (Lipinski definition) is 2. The smallest absolute Gasteiger partial charge is 0.203 e. The highest BCUT2D eigenvalue weighted by molar-refractivity contribution is 7.80. The Kier molecular flexibility index (Phi) is 8.06. The molecule has 0 saturated carbocycles. The van der Waals surface area contributed by atoms with E-state index >= 15 is 0 Å². The number of thiocarbonyl (C=S) groups is 1. The zero-order valence-electron chi connectivity index (χ0n) is 13.4. The van der Waals surface area contributed by atoms with Gasteiger partial charge in [-0.05, 0) is 30.8 Å². The maximum atomic E-state index is 5.37. The van der Waals surface area contributed by atoms with Crippen LogP contribution in [0.4, 0.5) is 0 Å². The van der Waals surface area contributed by atoms with E-state index in [4.69, 9.17) is 26.4 Å². The van der Waals surface area contributed by atoms with Crippen molar-refractivity contribution in [2.75, 3.05) is 27.9 Å². The van der Waals surface area contributed by atoms with E-state index in [2.05, 4.69) is 22.8 Å². The van der Waals surface area contributed by atoms with E-state index in [1.54, 1.807) is 33.6 Å². The summed E-state index contributed by atoms with van der Waals surface area (Å²) in [4.78, 5) is 0. The summed E-state index contributed by atoms with van der Waals surface area (Å²) in [6.07, 6.45) is 3.80. The molecule has 1 rings (SSSR count). The topological polar surface area (TPSA) is 64.1 Å². The Labute approximate surface area is 136 Å². The summed E-state index contributed by atoms with van der Waals surface area (Å²) in [6.45, 7) is 2.96. The minimum atomic E-state index is 0.490. The van der Waals surface area contributed by atoms with Gasteiger partial charge in [-0.2, -0.15) is 5.10 Å². The van der Waals surface area contributed by atoms with Gasteiger partial charge in [0.05, 0.1) is 27.5 Å². The van der Waals surface area contributed by atoms with Crippen LogP contribution in [0.1, 0.15) is 25.3 Å². The first-order valence-corrected chi connectivity index (χ1v) is 7.44. The lowest BCUT2D eigenvalue weighted by atomic mass is 10.2. The second-order valence-corrected chi connectivity index (χ2v) is 4.81. The molecular weight excluding hydrogens is 302 g/mol. The molecule has 122 valence electrons. The number of methoxy groups -OCH3 is 3. The molecule has 0 atom stereocenters. The van der Waals surface area contributed by atoms with Crippen LogP contribution >= 0.6 is 12.2 Å². The highest BCUT2D eigenvalue weighted by Gasteiger charge is 2.14. The van der Waals surface area contributed by atoms with Crippen LogP contribution in [0.25, 0.3) is 0 Å². The van der Waals surface area contributed by atoms with Crippen LogP contribution in [0.2, 0.25) is 0 Å². The van der Waals surface area contributed by atoms with E-state index < -0.39 is 0 Å². The Morgan fingerprint density at radius 2 is 1.91 bits per heavy atom. The number of nitrogens with one attached hydrogen (secondary N) is 2. The summed E-state index contributed by atoms with van der Waals surface area (Å²) in [5.74, 6) is 1.68. The molecule has 0 aromatic heterocycles. The van der Waals surface area contributed by atoms with Gasteiger partial charge in [-0.1, -0.05) is 13.3 Å². The Balaban J connectivity index is 2.76. The summed E-state index contributed by atoms with van der Waals surface area (Å²) < 4.78 is 15.9. The van der Waals surface area contributed by atoms with E-state index in [9.17, 15) is 0 Å². The standard InChI is InChI=1S/C15H23N3O3S/c1-5-6-9-16-15(22)18-17-10-11-7-8-12(19-2)14(21-4)13(11)20-3/h7-8,10H,5-6,9H2,1-4H3,(H2,16,18,22). The van der Waals surface area contributed by atoms with Crippen molar-refractivity contribution in [3.05, 3.63) is 17.7 Å². The van der Waals surface area contributed by atoms with Crippen LogP contribution in [0.15, 0.2) is 17.2 Å². The Morgan fingerprint density at radius 1 is 1.18 bits per heavy atom. The van der Waals surface area contributed by atoms with Gasteiger partial charge in [0.2, 0.25) is 5.75 Å². The van der Waals surface area contributed by atoms with Gasteiger partial charge >= 0.3 is 0 Å². The van der Waals surface area contributed by atoms with Gasteiger partial charge in [0, 0.05) is 12.1 Å². The van der Waals surface area contributed by atoms with Crippen molar-refractivity contribution in [3.63, 3.8) is 0 Å². The van der Waals surface area contributed by atoms with Gasteiger partial charge in [-0.3, -0.25) is 5.43 Å². The van der Waals surface area contributed by atoms with E-state index in [-0.39, 0.29) is 0 Å². The molecule has 7 heteroatoms. The lowest BCUT2D eigenvalue weighted by Gasteiger charge is -2.13. The van der Waals surface area contributed by atoms with E-state index in [0.717, 1.165) is 24.9 Å². The zero-order chi connectivity index (χ0) is 16.4. The Bertz CT molecular complexity index is 521. The van der Waals surface area contributed by atoms with Gasteiger partial charge in [0.15, 0.2) is 16.6 Å². The quantitative estimate of drug-likeness (QED) is 0.331. The number of rotatable bonds is 8. The molecular formula is C15H23N3O3S. The number of hydrazone groups is 1. The fourth-order valence-electron chi connectivity index (χ4n) is 1.80. The fraction of sp³-hybridized carbons (Fsp3) is 0.467. The third kappa shape index (κ3) is 5.07. The number of benzene rings is 1. The highest BCUT2D eigenvalue weighted by Crippen LogP contribution is 2.38. The van der Waals surface area contributed by atoms with Gasteiger partial charge in [-0.15, -0.1) is 0 Å². The van der Waals surface area contributed by atoms with E-state index in [0.29, 0.717) is 22.4 Å². The Morgan fingerprint density at radius 3 is 2.50 bits per heavy atom. The molecule has 0 aliphatic heterocycles. The molecule has 0 spiro atoms. The summed E-state index contributed by atoms with van der Waals surface area (Å²) in [7, 11) is 4.71. The number of unbranched alkanes of at least 4 members (excludes halogenated alkanes) is 1. The van der Waals surface area contributed by atoms with Crippen LogP contribution in [0, 0.1) is 0 Å². The molecule has 0 unspecified atom stereocenters. The monoisotopic (exact) mass is 325 g/mol. The molecule has 22 heavy (non-hydrogen) atoms. The third-order valence-electron chi connectivity index (χ3n) is 2.92. The van der Waals surface area contributed by atoms with Crippen LogP contribution in [0.3, 0.4) is 0 Å². The van der Waals surface area contributed by atoms with Crippen LogP contribution < -0.4 is 25.0 Å². The summed E-state index contributed by atoms with van der Waals surface area (Å²) in [5, 5.41) is 7.66. The summed E-state index contributed by atoms with van der Waals surface area (Å²) in [6, 6.07) is 3.62. The number of nitrogens with zero attached hydrogens (tertiary/aromatic N) is 1. The normalized spacial score (nSPS) is 10.4. The third-order valence-corrected chi connectivity index (χ3v) is 3.16. The highest BCUT2D eigenvalue weighted by atomic mass is 32.1. The van der Waals surface area contributed by atoms with E-state index in [1.165, 1.54) is 0 Å². The molecule has 0 heterocycles. The average Bonchev–Trinajstić information content (AvgIpc) is 2.54. The SMILES string of the molecule is CCCCNC(=S)NN=Cc1ccc(OC)c(OC)c1OC. The second kappa shape index (κ2) is 9.83. The average molecular weight is 325 g/mol. The zero-order valence-corrected chi connectivity index (χ0v) is 14.3. The van der Waals surface area contributed by atoms with Crippen molar-refractivity contribution in [2.45, 2.75) is 19.8 Å². The maximum absolute atomic E-state index is 5.37. The van der Waals surface area contributed by atoms with Crippen molar-refractivity contribution in [1.29, 1.82) is 0 Å². The van der Waals surface area contributed by atoms with Crippen molar-refractivity contribution in [1.82, 2.24) is 10.7 Å². The molecule has 0 amide bonds. The van der Waals surface area contributed by atoms with Gasteiger partial charge < -0.3 is 19.5 Å². The molecule has 6 nitrogen and oxygen atoms in total. The minimum Gasteiger partial charge on any atom is -0.493 e. The molecule has 1 aromatic rings. The first-order valence-electron chi connectivity index (χ1n) is 7.03. The molecule has 1 aromatic carbocycles. The van der Waals surface area contributed by atoms with E-state index in [1.807, 2.05) is 6.07 Å². The Hall–Kier alpha value is -2.02. The predicted molar refractivity (Wildman–Crippen MR) is 92.3 cm³/mol. The molecule has 0 bridgehead atoms. The van der Waals surface area contributed by atoms with Gasteiger partial charge in [0.1, 0.15) is 0 Å². The van der Waals surface area contributed by atoms with Crippen molar-refractivity contribution < 1.29 is 14.2 Å². The van der Waals surface area contributed by atoms with Gasteiger partial charge in [0.25, 0.3) is 0 Å². The molecule has 0 aliphatic carbocycles. The summed E-state index contributed by atoms with van der Waals surface area (Å²) in [5.41, 5.74) is 3.52. The first kappa shape index (κ1) is 18.0. The lowest BCUT2D eigenvalue weighted by Crippen LogP contribution is -2.32. The molecule has 0 radical (unpaired) electrons. The molecule has 0 saturated heterocycles. The fourth-order valence-corrected chi connectivity index (χ4v) is 1.96. The first-order chi connectivity index (χ1) is 10.7. The number of hydrogen-bond acceptors (Lipinski definition) is 5.